The molecular formula is C16H14N2OS. The van der Waals surface area contributed by atoms with E-state index in [1.807, 2.05) is 42.7 Å². The summed E-state index contributed by atoms with van der Waals surface area (Å²) >= 11 is 1.48. The minimum Gasteiger partial charge on any atom is -0.310 e. The van der Waals surface area contributed by atoms with Crippen molar-refractivity contribution in [3.05, 3.63) is 59.8 Å². The van der Waals surface area contributed by atoms with E-state index in [-0.39, 0.29) is 5.91 Å². The number of pyridine rings is 1. The van der Waals surface area contributed by atoms with E-state index in [4.69, 9.17) is 0 Å². The molecule has 0 aliphatic heterocycles. The zero-order valence-electron chi connectivity index (χ0n) is 11.1. The van der Waals surface area contributed by atoms with Gasteiger partial charge in [0, 0.05) is 17.3 Å². The molecule has 100 valence electrons. The second-order valence-electron chi connectivity index (χ2n) is 4.03. The molecule has 0 unspecified atom stereocenters. The Balaban J connectivity index is 2.02. The van der Waals surface area contributed by atoms with Crippen LogP contribution < -0.4 is 5.32 Å². The second-order valence-corrected chi connectivity index (χ2v) is 4.90. The molecule has 1 aromatic heterocycles. The van der Waals surface area contributed by atoms with Crippen molar-refractivity contribution < 1.29 is 4.79 Å². The molecule has 1 heterocycles. The van der Waals surface area contributed by atoms with E-state index >= 15 is 0 Å². The molecule has 1 N–H and O–H groups in total. The van der Waals surface area contributed by atoms with Crippen molar-refractivity contribution >= 4 is 23.5 Å². The standard InChI is InChI=1S/C16H14N2OS/c1-20-12-16(19)18-15-10-9-14(11-17-15)8-7-13-5-3-2-4-6-13/h2-6,9-11H,12H2,1H3,(H,17,18,19). The zero-order chi connectivity index (χ0) is 14.2. The molecule has 0 atom stereocenters. The number of aromatic nitrogens is 1. The Kier molecular flexibility index (Phi) is 5.22. The molecule has 0 aliphatic rings. The Morgan fingerprint density at radius 3 is 2.55 bits per heavy atom. The van der Waals surface area contributed by atoms with E-state index in [0.717, 1.165) is 11.1 Å². The summed E-state index contributed by atoms with van der Waals surface area (Å²) < 4.78 is 0. The summed E-state index contributed by atoms with van der Waals surface area (Å²) in [6.07, 6.45) is 3.54. The number of benzene rings is 1. The van der Waals surface area contributed by atoms with Gasteiger partial charge in [-0.15, -0.1) is 0 Å². The number of nitrogens with one attached hydrogen (secondary N) is 1. The first-order valence-electron chi connectivity index (χ1n) is 6.10. The SMILES string of the molecule is CSCC(=O)Nc1ccc(C#Cc2ccccc2)cn1. The van der Waals surface area contributed by atoms with Gasteiger partial charge in [0.25, 0.3) is 0 Å². The summed E-state index contributed by atoms with van der Waals surface area (Å²) in [5, 5.41) is 2.72. The molecule has 0 fully saturated rings. The minimum absolute atomic E-state index is 0.0480. The van der Waals surface area contributed by atoms with Crippen molar-refractivity contribution in [1.29, 1.82) is 0 Å². The third-order valence-corrected chi connectivity index (χ3v) is 2.98. The van der Waals surface area contributed by atoms with Crippen molar-refractivity contribution in [2.75, 3.05) is 17.3 Å². The summed E-state index contributed by atoms with van der Waals surface area (Å²) in [6, 6.07) is 13.4. The molecular weight excluding hydrogens is 268 g/mol. The van der Waals surface area contributed by atoms with E-state index in [9.17, 15) is 4.79 Å². The first kappa shape index (κ1) is 14.2. The third kappa shape index (κ3) is 4.45. The van der Waals surface area contributed by atoms with Gasteiger partial charge in [0.05, 0.1) is 5.75 Å². The van der Waals surface area contributed by atoms with Crippen LogP contribution in [0.15, 0.2) is 48.7 Å². The molecule has 0 aliphatic carbocycles. The zero-order valence-corrected chi connectivity index (χ0v) is 11.9. The summed E-state index contributed by atoms with van der Waals surface area (Å²) in [5.41, 5.74) is 1.78. The Morgan fingerprint density at radius 1 is 1.15 bits per heavy atom. The maximum absolute atomic E-state index is 11.4. The van der Waals surface area contributed by atoms with Crippen LogP contribution in [0.4, 0.5) is 5.82 Å². The van der Waals surface area contributed by atoms with E-state index in [1.165, 1.54) is 11.8 Å². The number of nitrogens with zero attached hydrogens (tertiary/aromatic N) is 1. The van der Waals surface area contributed by atoms with Crippen LogP contribution >= 0.6 is 11.8 Å². The highest BCUT2D eigenvalue weighted by Gasteiger charge is 2.01. The summed E-state index contributed by atoms with van der Waals surface area (Å²) in [5.74, 6) is 7.03. The smallest absolute Gasteiger partial charge is 0.235 e. The highest BCUT2D eigenvalue weighted by Crippen LogP contribution is 2.05. The number of hydrogen-bond donors (Lipinski definition) is 1. The second kappa shape index (κ2) is 7.37. The van der Waals surface area contributed by atoms with Gasteiger partial charge in [-0.25, -0.2) is 4.98 Å². The quantitative estimate of drug-likeness (QED) is 0.880. The van der Waals surface area contributed by atoms with Gasteiger partial charge in [-0.3, -0.25) is 4.79 Å². The normalized spacial score (nSPS) is 9.45. The average Bonchev–Trinajstić information content (AvgIpc) is 2.48. The molecule has 0 spiro atoms. The van der Waals surface area contributed by atoms with Crippen LogP contribution in [0.5, 0.6) is 0 Å². The van der Waals surface area contributed by atoms with Crippen LogP contribution in [0.3, 0.4) is 0 Å². The molecule has 1 amide bonds. The number of thioether (sulfide) groups is 1. The highest BCUT2D eigenvalue weighted by atomic mass is 32.2. The number of rotatable bonds is 3. The molecule has 4 heteroatoms. The molecule has 0 bridgehead atoms. The topological polar surface area (TPSA) is 42.0 Å². The lowest BCUT2D eigenvalue weighted by atomic mass is 10.2. The molecule has 0 saturated heterocycles. The lowest BCUT2D eigenvalue weighted by molar-refractivity contribution is -0.113. The highest BCUT2D eigenvalue weighted by molar-refractivity contribution is 7.99. The van der Waals surface area contributed by atoms with Gasteiger partial charge in [-0.05, 0) is 30.5 Å². The lowest BCUT2D eigenvalue weighted by Crippen LogP contribution is -2.14. The molecule has 0 radical (unpaired) electrons. The number of carbonyl (C=O) groups excluding carboxylic acids is 1. The monoisotopic (exact) mass is 282 g/mol. The molecule has 0 saturated carbocycles. The van der Waals surface area contributed by atoms with Crippen molar-refractivity contribution in [2.24, 2.45) is 0 Å². The van der Waals surface area contributed by atoms with E-state index in [0.29, 0.717) is 11.6 Å². The Labute approximate surface area is 122 Å². The lowest BCUT2D eigenvalue weighted by Gasteiger charge is -2.02. The van der Waals surface area contributed by atoms with Crippen LogP contribution in [0, 0.1) is 11.8 Å². The van der Waals surface area contributed by atoms with Crippen molar-refractivity contribution in [3.8, 4) is 11.8 Å². The third-order valence-electron chi connectivity index (χ3n) is 2.43. The number of anilines is 1. The van der Waals surface area contributed by atoms with Gasteiger partial charge in [0.15, 0.2) is 0 Å². The van der Waals surface area contributed by atoms with Gasteiger partial charge in [-0.1, -0.05) is 30.0 Å². The largest absolute Gasteiger partial charge is 0.310 e. The Bertz CT molecular complexity index is 627. The van der Waals surface area contributed by atoms with Gasteiger partial charge in [0.2, 0.25) is 5.91 Å². The Hall–Kier alpha value is -2.25. The fourth-order valence-electron chi connectivity index (χ4n) is 1.52. The number of amides is 1. The van der Waals surface area contributed by atoms with Crippen LogP contribution in [-0.2, 0) is 4.79 Å². The van der Waals surface area contributed by atoms with Gasteiger partial charge < -0.3 is 5.32 Å². The van der Waals surface area contributed by atoms with Gasteiger partial charge in [0.1, 0.15) is 5.82 Å². The van der Waals surface area contributed by atoms with Crippen LogP contribution in [0.2, 0.25) is 0 Å². The maximum atomic E-state index is 11.4. The van der Waals surface area contributed by atoms with Crippen LogP contribution in [0.1, 0.15) is 11.1 Å². The number of hydrogen-bond acceptors (Lipinski definition) is 3. The van der Waals surface area contributed by atoms with Gasteiger partial charge >= 0.3 is 0 Å². The molecule has 1 aromatic carbocycles. The number of carbonyl (C=O) groups is 1. The van der Waals surface area contributed by atoms with E-state index < -0.39 is 0 Å². The summed E-state index contributed by atoms with van der Waals surface area (Å²) in [6.45, 7) is 0. The average molecular weight is 282 g/mol. The fraction of sp³-hybridized carbons (Fsp3) is 0.125. The summed E-state index contributed by atoms with van der Waals surface area (Å²) in [4.78, 5) is 15.6. The minimum atomic E-state index is -0.0480. The van der Waals surface area contributed by atoms with Crippen LogP contribution in [0.25, 0.3) is 0 Å². The summed E-state index contributed by atoms with van der Waals surface area (Å²) in [7, 11) is 0. The van der Waals surface area contributed by atoms with E-state index in [2.05, 4.69) is 22.1 Å². The van der Waals surface area contributed by atoms with Crippen LogP contribution in [-0.4, -0.2) is 22.9 Å². The van der Waals surface area contributed by atoms with Crippen molar-refractivity contribution in [2.45, 2.75) is 0 Å². The fourth-order valence-corrected chi connectivity index (χ4v) is 1.85. The van der Waals surface area contributed by atoms with Crippen molar-refractivity contribution in [1.82, 2.24) is 4.98 Å². The molecule has 20 heavy (non-hydrogen) atoms. The predicted molar refractivity (Wildman–Crippen MR) is 83.7 cm³/mol. The predicted octanol–water partition coefficient (Wildman–Crippen LogP) is 2.78. The van der Waals surface area contributed by atoms with Gasteiger partial charge in [-0.2, -0.15) is 11.8 Å². The molecule has 3 nitrogen and oxygen atoms in total. The van der Waals surface area contributed by atoms with E-state index in [1.54, 1.807) is 12.3 Å². The van der Waals surface area contributed by atoms with Crippen molar-refractivity contribution in [3.63, 3.8) is 0 Å². The molecule has 2 rings (SSSR count). The first-order valence-corrected chi connectivity index (χ1v) is 7.49. The first-order chi connectivity index (χ1) is 9.78. The molecule has 2 aromatic rings. The maximum Gasteiger partial charge on any atom is 0.235 e. The Morgan fingerprint density at radius 2 is 1.90 bits per heavy atom.